The summed E-state index contributed by atoms with van der Waals surface area (Å²) in [6, 6.07) is -0.0306. The van der Waals surface area contributed by atoms with Crippen LogP contribution < -0.4 is 5.32 Å². The summed E-state index contributed by atoms with van der Waals surface area (Å²) in [4.78, 5) is 48.2. The number of esters is 1. The van der Waals surface area contributed by atoms with E-state index in [1.54, 1.807) is 7.11 Å². The Hall–Kier alpha value is -2.88. The number of allylic oxidation sites excluding steroid dienone is 1. The molecule has 4 fully saturated rings. The third-order valence-electron chi connectivity index (χ3n) is 9.92. The van der Waals surface area contributed by atoms with Gasteiger partial charge in [0.2, 0.25) is 0 Å². The Morgan fingerprint density at radius 3 is 1.82 bits per heavy atom. The molecule has 248 valence electrons. The van der Waals surface area contributed by atoms with Gasteiger partial charge in [-0.05, 0) is 113 Å². The van der Waals surface area contributed by atoms with Crippen molar-refractivity contribution in [1.82, 2.24) is 10.2 Å². The normalized spacial score (nSPS) is 32.7. The van der Waals surface area contributed by atoms with E-state index in [1.807, 2.05) is 4.90 Å². The minimum Gasteiger partial charge on any atom is -0.462 e. The van der Waals surface area contributed by atoms with Crippen LogP contribution in [0.2, 0.25) is 0 Å². The number of hydrogen-bond donors (Lipinski definition) is 1. The van der Waals surface area contributed by atoms with E-state index in [1.165, 1.54) is 12.2 Å². The van der Waals surface area contributed by atoms with Gasteiger partial charge < -0.3 is 29.2 Å². The summed E-state index contributed by atoms with van der Waals surface area (Å²) in [7, 11) is 1.75. The van der Waals surface area contributed by atoms with Gasteiger partial charge in [-0.3, -0.25) is 4.79 Å². The maximum absolute atomic E-state index is 13.2. The van der Waals surface area contributed by atoms with E-state index >= 15 is 0 Å². The lowest BCUT2D eigenvalue weighted by Gasteiger charge is -2.41. The lowest BCUT2D eigenvalue weighted by Crippen LogP contribution is -2.51. The zero-order chi connectivity index (χ0) is 32.2. The van der Waals surface area contributed by atoms with Gasteiger partial charge in [-0.1, -0.05) is 20.1 Å². The van der Waals surface area contributed by atoms with Crippen molar-refractivity contribution in [2.75, 3.05) is 40.1 Å². The van der Waals surface area contributed by atoms with Gasteiger partial charge in [-0.15, -0.1) is 0 Å². The van der Waals surface area contributed by atoms with Gasteiger partial charge in [0.1, 0.15) is 6.29 Å². The molecule has 3 aliphatic carbocycles. The van der Waals surface area contributed by atoms with E-state index in [0.717, 1.165) is 70.8 Å². The van der Waals surface area contributed by atoms with Crippen molar-refractivity contribution in [2.45, 2.75) is 96.1 Å². The number of nitrogens with zero attached hydrogens (tertiary/aromatic N) is 1. The van der Waals surface area contributed by atoms with Crippen LogP contribution in [-0.2, 0) is 28.5 Å². The maximum Gasteiger partial charge on any atom is 0.410 e. The molecule has 2 amide bonds. The highest BCUT2D eigenvalue weighted by atomic mass is 16.6. The molecule has 2 bridgehead atoms. The molecule has 3 atom stereocenters. The summed E-state index contributed by atoms with van der Waals surface area (Å²) < 4.78 is 22.0. The van der Waals surface area contributed by atoms with Gasteiger partial charge >= 0.3 is 18.2 Å². The highest BCUT2D eigenvalue weighted by Gasteiger charge is 2.56. The van der Waals surface area contributed by atoms with E-state index in [4.69, 9.17) is 23.7 Å². The Morgan fingerprint density at radius 1 is 0.818 bits per heavy atom. The summed E-state index contributed by atoms with van der Waals surface area (Å²) in [6.07, 6.45) is 13.1. The van der Waals surface area contributed by atoms with Gasteiger partial charge in [0.25, 0.3) is 0 Å². The molecule has 4 aliphatic rings. The van der Waals surface area contributed by atoms with Crippen LogP contribution in [0.5, 0.6) is 0 Å². The molecule has 0 aromatic heterocycles. The van der Waals surface area contributed by atoms with Crippen molar-refractivity contribution < 1.29 is 38.1 Å². The number of rotatable bonds is 11. The van der Waals surface area contributed by atoms with E-state index in [-0.39, 0.29) is 35.2 Å². The molecule has 10 heteroatoms. The van der Waals surface area contributed by atoms with Crippen LogP contribution in [0.3, 0.4) is 0 Å². The number of methoxy groups -OCH3 is 1. The topological polar surface area (TPSA) is 120 Å². The number of aldehydes is 1. The van der Waals surface area contributed by atoms with E-state index < -0.39 is 0 Å². The number of likely N-dealkylation sites (tertiary alicyclic amines) is 1. The lowest BCUT2D eigenvalue weighted by molar-refractivity contribution is -0.139. The van der Waals surface area contributed by atoms with Gasteiger partial charge in [0.15, 0.2) is 0 Å². The Morgan fingerprint density at radius 2 is 1.32 bits per heavy atom. The molecule has 3 unspecified atom stereocenters. The summed E-state index contributed by atoms with van der Waals surface area (Å²) in [6.45, 7) is 13.6. The average molecular weight is 619 g/mol. The number of alkyl carbamates (subject to hydrolysis) is 1. The Balaban J connectivity index is 0.00000124. The second-order valence-electron chi connectivity index (χ2n) is 13.9. The van der Waals surface area contributed by atoms with Crippen LogP contribution in [-0.4, -0.2) is 81.0 Å². The monoisotopic (exact) mass is 618 g/mol. The second-order valence-corrected chi connectivity index (χ2v) is 13.9. The third kappa shape index (κ3) is 10.6. The van der Waals surface area contributed by atoms with Crippen molar-refractivity contribution in [3.63, 3.8) is 0 Å². The third-order valence-corrected chi connectivity index (χ3v) is 9.92. The molecule has 1 saturated heterocycles. The minimum atomic E-state index is -0.375. The highest BCUT2D eigenvalue weighted by Crippen LogP contribution is 2.51. The Bertz CT molecular complexity index is 982. The molecule has 0 aromatic carbocycles. The first-order valence-corrected chi connectivity index (χ1v) is 16.2. The number of hydrogen-bond acceptors (Lipinski definition) is 8. The summed E-state index contributed by atoms with van der Waals surface area (Å²) in [5.74, 6) is 1.37. The van der Waals surface area contributed by atoms with Crippen molar-refractivity contribution in [2.24, 2.45) is 29.1 Å². The summed E-state index contributed by atoms with van der Waals surface area (Å²) in [5.41, 5.74) is -0.418. The summed E-state index contributed by atoms with van der Waals surface area (Å²) >= 11 is 0. The molecule has 10 nitrogen and oxygen atoms in total. The number of amides is 2. The first-order chi connectivity index (χ1) is 21.0. The fourth-order valence-electron chi connectivity index (χ4n) is 7.84. The quantitative estimate of drug-likeness (QED) is 0.133. The fourth-order valence-corrected chi connectivity index (χ4v) is 7.84. The number of ether oxygens (including phenoxy) is 4. The van der Waals surface area contributed by atoms with E-state index in [2.05, 4.69) is 32.3 Å². The smallest absolute Gasteiger partial charge is 0.410 e. The van der Waals surface area contributed by atoms with Gasteiger partial charge in [0.05, 0.1) is 19.8 Å². The van der Waals surface area contributed by atoms with Crippen molar-refractivity contribution in [3.8, 4) is 0 Å². The molecule has 1 heterocycles. The van der Waals surface area contributed by atoms with Crippen LogP contribution in [0.4, 0.5) is 9.59 Å². The molecule has 0 spiro atoms. The van der Waals surface area contributed by atoms with E-state index in [9.17, 15) is 14.4 Å². The number of nitrogens with one attached hydrogen (secondary N) is 1. The van der Waals surface area contributed by atoms with Crippen molar-refractivity contribution in [1.29, 1.82) is 0 Å². The zero-order valence-electron chi connectivity index (χ0n) is 27.1. The van der Waals surface area contributed by atoms with Crippen LogP contribution in [0.1, 0.15) is 84.5 Å². The Kier molecular flexibility index (Phi) is 13.7. The van der Waals surface area contributed by atoms with Gasteiger partial charge in [-0.25, -0.2) is 14.4 Å². The van der Waals surface area contributed by atoms with Crippen LogP contribution in [0.15, 0.2) is 25.3 Å². The molecule has 44 heavy (non-hydrogen) atoms. The Labute approximate surface area is 263 Å². The lowest BCUT2D eigenvalue weighted by atomic mass is 9.70. The van der Waals surface area contributed by atoms with Crippen molar-refractivity contribution in [3.05, 3.63) is 25.3 Å². The summed E-state index contributed by atoms with van der Waals surface area (Å²) in [5, 5.41) is 3.11. The van der Waals surface area contributed by atoms with E-state index in [0.29, 0.717) is 62.7 Å². The number of carbonyl (C=O) groups excluding carboxylic acids is 4. The maximum atomic E-state index is 13.2. The highest BCUT2D eigenvalue weighted by molar-refractivity contribution is 5.81. The van der Waals surface area contributed by atoms with Crippen molar-refractivity contribution >= 4 is 24.4 Å². The SMILES string of the molecule is C=CC(=O)OCC1CCC(COC(=O)N2CC3(C)CC(NC(=O)OCC4CCC(COC)CC4)CC2(C)C3)CC1.C=CC=O. The van der Waals surface area contributed by atoms with Crippen LogP contribution in [0.25, 0.3) is 0 Å². The first-order valence-electron chi connectivity index (χ1n) is 16.2. The molecule has 1 aliphatic heterocycles. The standard InChI is InChI=1S/C31H50N2O7.C3H4O/c1-5-27(34)38-17-23-10-12-25(13-11-23)19-40-29(36)33-21-30(2)14-26(15-31(33,3)20-30)32-28(35)39-18-24-8-6-22(7-9-24)16-37-4;1-2-3-4/h5,22-26H,1,6-21H2,2-4H3,(H,32,35);2-3H,1H2. The average Bonchev–Trinajstić information content (AvgIpc) is 3.22. The molecule has 1 N–H and O–H groups in total. The predicted molar refractivity (Wildman–Crippen MR) is 167 cm³/mol. The largest absolute Gasteiger partial charge is 0.462 e. The molecule has 3 saturated carbocycles. The number of carbonyl (C=O) groups is 4. The second kappa shape index (κ2) is 17.0. The molecule has 4 rings (SSSR count). The first kappa shape index (κ1) is 35.6. The molecule has 0 aromatic rings. The fraction of sp³-hybridized carbons (Fsp3) is 0.765. The molecular weight excluding hydrogens is 564 g/mol. The number of fused-ring (bicyclic) bond motifs is 2. The van der Waals surface area contributed by atoms with Crippen LogP contribution in [0, 0.1) is 29.1 Å². The zero-order valence-corrected chi connectivity index (χ0v) is 27.1. The van der Waals surface area contributed by atoms with Gasteiger partial charge in [0, 0.05) is 37.9 Å². The van der Waals surface area contributed by atoms with Crippen LogP contribution >= 0.6 is 0 Å². The minimum absolute atomic E-state index is 0.0306. The predicted octanol–water partition coefficient (Wildman–Crippen LogP) is 5.84. The van der Waals surface area contributed by atoms with Gasteiger partial charge in [-0.2, -0.15) is 0 Å². The molecular formula is C34H54N2O8. The molecule has 0 radical (unpaired) electrons.